The summed E-state index contributed by atoms with van der Waals surface area (Å²) in [7, 11) is 0. The summed E-state index contributed by atoms with van der Waals surface area (Å²) in [6, 6.07) is -0.0256. The molecule has 2 bridgehead atoms. The average Bonchev–Trinajstić information content (AvgIpc) is 2.42. The van der Waals surface area contributed by atoms with E-state index in [-0.39, 0.29) is 12.5 Å². The fourth-order valence-electron chi connectivity index (χ4n) is 3.12. The summed E-state index contributed by atoms with van der Waals surface area (Å²) < 4.78 is 31.1. The van der Waals surface area contributed by atoms with Crippen molar-refractivity contribution in [3.63, 3.8) is 0 Å². The van der Waals surface area contributed by atoms with E-state index in [1.807, 2.05) is 0 Å². The molecule has 0 saturated carbocycles. The molecule has 1 N–H and O–H groups in total. The lowest BCUT2D eigenvalue weighted by atomic mass is 9.92. The minimum absolute atomic E-state index is 0.0256. The lowest BCUT2D eigenvalue weighted by Crippen LogP contribution is -2.63. The molecule has 2 rings (SSSR count). The second-order valence-corrected chi connectivity index (χ2v) is 6.49. The first-order valence-electron chi connectivity index (χ1n) is 6.75. The molecule has 2 aliphatic rings. The summed E-state index contributed by atoms with van der Waals surface area (Å²) in [6.45, 7) is 6.44. The van der Waals surface area contributed by atoms with Gasteiger partial charge < -0.3 is 10.1 Å². The average molecular weight is 276 g/mol. The van der Waals surface area contributed by atoms with E-state index >= 15 is 0 Å². The molecule has 0 aromatic rings. The Morgan fingerprint density at radius 3 is 2.79 bits per heavy atom. The molecule has 1 amide bonds. The molecule has 2 heterocycles. The van der Waals surface area contributed by atoms with E-state index in [9.17, 15) is 13.6 Å². The largest absolute Gasteiger partial charge is 0.444 e. The van der Waals surface area contributed by atoms with Gasteiger partial charge in [0.1, 0.15) is 5.60 Å². The van der Waals surface area contributed by atoms with Crippen LogP contribution in [0.1, 0.15) is 40.0 Å². The summed E-state index contributed by atoms with van der Waals surface area (Å²) in [5.74, 6) is 0. The summed E-state index contributed by atoms with van der Waals surface area (Å²) in [4.78, 5) is 13.9. The van der Waals surface area contributed by atoms with E-state index < -0.39 is 23.7 Å². The summed E-state index contributed by atoms with van der Waals surface area (Å²) in [5, 5.41) is 3.16. The van der Waals surface area contributed by atoms with Crippen molar-refractivity contribution >= 4 is 6.09 Å². The molecule has 0 aliphatic carbocycles. The van der Waals surface area contributed by atoms with Crippen LogP contribution in [0.15, 0.2) is 0 Å². The number of carbonyl (C=O) groups is 1. The Kier molecular flexibility index (Phi) is 3.73. The molecular weight excluding hydrogens is 254 g/mol. The Morgan fingerprint density at radius 1 is 1.53 bits per heavy atom. The number of amides is 1. The van der Waals surface area contributed by atoms with Crippen molar-refractivity contribution < 1.29 is 18.3 Å². The predicted octanol–water partition coefficient (Wildman–Crippen LogP) is 2.38. The van der Waals surface area contributed by atoms with Gasteiger partial charge in [-0.15, -0.1) is 0 Å². The van der Waals surface area contributed by atoms with Crippen LogP contribution in [0.4, 0.5) is 13.6 Å². The number of fused-ring (bicyclic) bond motifs is 2. The van der Waals surface area contributed by atoms with Gasteiger partial charge >= 0.3 is 6.09 Å². The normalized spacial score (nSPS) is 30.8. The fraction of sp³-hybridized carbons (Fsp3) is 0.923. The number of nitrogens with one attached hydrogen (secondary N) is 1. The van der Waals surface area contributed by atoms with Crippen LogP contribution in [0.5, 0.6) is 0 Å². The van der Waals surface area contributed by atoms with Crippen molar-refractivity contribution in [2.24, 2.45) is 0 Å². The minimum Gasteiger partial charge on any atom is -0.444 e. The fourth-order valence-corrected chi connectivity index (χ4v) is 3.12. The van der Waals surface area contributed by atoms with E-state index in [1.165, 1.54) is 0 Å². The van der Waals surface area contributed by atoms with E-state index in [1.54, 1.807) is 25.7 Å². The third-order valence-electron chi connectivity index (χ3n) is 3.78. The molecule has 0 aromatic heterocycles. The molecule has 0 radical (unpaired) electrons. The molecule has 0 aromatic carbocycles. The highest BCUT2D eigenvalue weighted by Crippen LogP contribution is 2.41. The van der Waals surface area contributed by atoms with Gasteiger partial charge in [-0.25, -0.2) is 13.6 Å². The summed E-state index contributed by atoms with van der Waals surface area (Å²) >= 11 is 0. The second kappa shape index (κ2) is 4.89. The van der Waals surface area contributed by atoms with Gasteiger partial charge in [-0.1, -0.05) is 0 Å². The van der Waals surface area contributed by atoms with Gasteiger partial charge in [0.2, 0.25) is 6.43 Å². The zero-order valence-corrected chi connectivity index (χ0v) is 11.7. The van der Waals surface area contributed by atoms with Crippen molar-refractivity contribution in [3.8, 4) is 0 Å². The van der Waals surface area contributed by atoms with Gasteiger partial charge in [0.05, 0.1) is 5.54 Å². The standard InChI is InChI=1S/C13H22F2N2O2/c1-12(2,3)19-11(18)17-9-4-5-13(17,6-10(14)15)8-16-7-9/h9-10,16H,4-8H2,1-3H3. The van der Waals surface area contributed by atoms with E-state index in [4.69, 9.17) is 4.74 Å². The van der Waals surface area contributed by atoms with Crippen LogP contribution in [0, 0.1) is 0 Å². The number of carbonyl (C=O) groups excluding carboxylic acids is 1. The Balaban J connectivity index is 2.18. The first kappa shape index (κ1) is 14.5. The van der Waals surface area contributed by atoms with E-state index in [2.05, 4.69) is 5.32 Å². The van der Waals surface area contributed by atoms with Crippen molar-refractivity contribution in [3.05, 3.63) is 0 Å². The highest BCUT2D eigenvalue weighted by molar-refractivity contribution is 5.70. The van der Waals surface area contributed by atoms with Crippen LogP contribution in [0.3, 0.4) is 0 Å². The predicted molar refractivity (Wildman–Crippen MR) is 67.3 cm³/mol. The zero-order chi connectivity index (χ0) is 14.3. The highest BCUT2D eigenvalue weighted by atomic mass is 19.3. The van der Waals surface area contributed by atoms with Crippen LogP contribution in [0.2, 0.25) is 0 Å². The number of rotatable bonds is 2. The smallest absolute Gasteiger partial charge is 0.411 e. The lowest BCUT2D eigenvalue weighted by Gasteiger charge is -2.45. The number of ether oxygens (including phenoxy) is 1. The first-order valence-corrected chi connectivity index (χ1v) is 6.75. The molecule has 4 nitrogen and oxygen atoms in total. The summed E-state index contributed by atoms with van der Waals surface area (Å²) in [5.41, 5.74) is -1.38. The Morgan fingerprint density at radius 2 is 2.21 bits per heavy atom. The molecular formula is C13H22F2N2O2. The van der Waals surface area contributed by atoms with Gasteiger partial charge in [-0.2, -0.15) is 0 Å². The zero-order valence-electron chi connectivity index (χ0n) is 11.7. The molecule has 2 saturated heterocycles. The van der Waals surface area contributed by atoms with Gasteiger partial charge in [-0.05, 0) is 33.6 Å². The van der Waals surface area contributed by atoms with Crippen molar-refractivity contribution in [2.75, 3.05) is 13.1 Å². The van der Waals surface area contributed by atoms with Gasteiger partial charge in [-0.3, -0.25) is 4.90 Å². The van der Waals surface area contributed by atoms with Gasteiger partial charge in [0.15, 0.2) is 0 Å². The molecule has 6 heteroatoms. The number of hydrogen-bond donors (Lipinski definition) is 1. The van der Waals surface area contributed by atoms with Crippen LogP contribution >= 0.6 is 0 Å². The van der Waals surface area contributed by atoms with Crippen molar-refractivity contribution in [2.45, 2.75) is 63.6 Å². The summed E-state index contributed by atoms with van der Waals surface area (Å²) in [6.07, 6.45) is -1.77. The minimum atomic E-state index is -2.41. The Hall–Kier alpha value is -0.910. The molecule has 0 spiro atoms. The number of piperazine rings is 1. The topological polar surface area (TPSA) is 41.6 Å². The molecule has 19 heavy (non-hydrogen) atoms. The first-order chi connectivity index (χ1) is 8.73. The number of alkyl halides is 2. The van der Waals surface area contributed by atoms with E-state index in [0.29, 0.717) is 19.5 Å². The number of halogens is 2. The monoisotopic (exact) mass is 276 g/mol. The SMILES string of the molecule is CC(C)(C)OC(=O)N1C2CCC1(CC(F)F)CNC2. The van der Waals surface area contributed by atoms with Crippen molar-refractivity contribution in [1.82, 2.24) is 10.2 Å². The quantitative estimate of drug-likeness (QED) is 0.842. The Labute approximate surface area is 112 Å². The molecule has 2 aliphatic heterocycles. The van der Waals surface area contributed by atoms with Crippen LogP contribution in [-0.2, 0) is 4.74 Å². The maximum atomic E-state index is 12.8. The third kappa shape index (κ3) is 2.99. The Bertz CT molecular complexity index is 353. The van der Waals surface area contributed by atoms with Gasteiger partial charge in [0.25, 0.3) is 0 Å². The number of hydrogen-bond acceptors (Lipinski definition) is 3. The van der Waals surface area contributed by atoms with Crippen LogP contribution < -0.4 is 5.32 Å². The highest BCUT2D eigenvalue weighted by Gasteiger charge is 2.53. The molecule has 110 valence electrons. The third-order valence-corrected chi connectivity index (χ3v) is 3.78. The van der Waals surface area contributed by atoms with Crippen LogP contribution in [-0.4, -0.2) is 47.7 Å². The maximum absolute atomic E-state index is 12.8. The molecule has 2 unspecified atom stereocenters. The van der Waals surface area contributed by atoms with Crippen LogP contribution in [0.25, 0.3) is 0 Å². The molecule has 2 atom stereocenters. The maximum Gasteiger partial charge on any atom is 0.411 e. The lowest BCUT2D eigenvalue weighted by molar-refractivity contribution is -0.0265. The second-order valence-electron chi connectivity index (χ2n) is 6.49. The van der Waals surface area contributed by atoms with Crippen molar-refractivity contribution in [1.29, 1.82) is 0 Å². The van der Waals surface area contributed by atoms with E-state index in [0.717, 1.165) is 6.42 Å². The molecule has 2 fully saturated rings. The van der Waals surface area contributed by atoms with Gasteiger partial charge in [0, 0.05) is 25.6 Å². The number of nitrogens with zero attached hydrogens (tertiary/aromatic N) is 1.